The minimum Gasteiger partial charge on any atom is -0.358 e. The summed E-state index contributed by atoms with van der Waals surface area (Å²) in [5.41, 5.74) is 3.78. The number of hydrogen-bond donors (Lipinski definition) is 1. The summed E-state index contributed by atoms with van der Waals surface area (Å²) < 4.78 is 1.11. The van der Waals surface area contributed by atoms with Gasteiger partial charge in [0.25, 0.3) is 0 Å². The van der Waals surface area contributed by atoms with Gasteiger partial charge in [0.2, 0.25) is 0 Å². The molecule has 1 aromatic carbocycles. The van der Waals surface area contributed by atoms with E-state index in [0.717, 1.165) is 30.2 Å². The third-order valence-electron chi connectivity index (χ3n) is 2.95. The summed E-state index contributed by atoms with van der Waals surface area (Å²) in [5.74, 6) is 2.68. The van der Waals surface area contributed by atoms with Gasteiger partial charge in [-0.1, -0.05) is 15.9 Å². The molecule has 1 radical (unpaired) electrons. The first-order chi connectivity index (χ1) is 8.26. The summed E-state index contributed by atoms with van der Waals surface area (Å²) in [5, 5.41) is 1.27. The minimum atomic E-state index is 0.807. The van der Waals surface area contributed by atoms with Gasteiger partial charge >= 0.3 is 0 Å². The van der Waals surface area contributed by atoms with E-state index in [1.165, 1.54) is 22.2 Å². The molecule has 0 spiro atoms. The predicted molar refractivity (Wildman–Crippen MR) is 76.8 cm³/mol. The molecule has 1 heterocycles. The van der Waals surface area contributed by atoms with Crippen molar-refractivity contribution in [2.24, 2.45) is 0 Å². The van der Waals surface area contributed by atoms with Gasteiger partial charge in [0.05, 0.1) is 0 Å². The molecule has 0 atom stereocenters. The van der Waals surface area contributed by atoms with E-state index in [0.29, 0.717) is 0 Å². The molecule has 87 valence electrons. The van der Waals surface area contributed by atoms with Crippen molar-refractivity contribution in [1.29, 1.82) is 0 Å². The molecule has 0 saturated heterocycles. The highest BCUT2D eigenvalue weighted by atomic mass is 79.9. The molecule has 0 amide bonds. The second-order valence-corrected chi connectivity index (χ2v) is 5.00. The SMILES string of the molecule is C#CCCCc1[nH]c2ccc(Br)cc2c1C[CH2]. The van der Waals surface area contributed by atoms with Crippen molar-refractivity contribution in [2.45, 2.75) is 25.7 Å². The Morgan fingerprint density at radius 1 is 1.41 bits per heavy atom. The molecule has 2 heteroatoms. The van der Waals surface area contributed by atoms with Crippen LogP contribution < -0.4 is 0 Å². The fourth-order valence-electron chi connectivity index (χ4n) is 2.14. The van der Waals surface area contributed by atoms with Crippen molar-refractivity contribution >= 4 is 26.8 Å². The molecule has 2 aromatic rings. The summed E-state index contributed by atoms with van der Waals surface area (Å²) in [6.45, 7) is 4.02. The van der Waals surface area contributed by atoms with Crippen LogP contribution in [0.25, 0.3) is 10.9 Å². The van der Waals surface area contributed by atoms with E-state index in [1.54, 1.807) is 0 Å². The van der Waals surface area contributed by atoms with Crippen LogP contribution in [-0.2, 0) is 12.8 Å². The van der Waals surface area contributed by atoms with E-state index < -0.39 is 0 Å². The molecule has 0 fully saturated rings. The largest absolute Gasteiger partial charge is 0.358 e. The number of aryl methyl sites for hydroxylation is 1. The third kappa shape index (κ3) is 2.56. The zero-order valence-corrected chi connectivity index (χ0v) is 11.3. The topological polar surface area (TPSA) is 15.8 Å². The van der Waals surface area contributed by atoms with Crippen molar-refractivity contribution in [3.05, 3.63) is 40.9 Å². The van der Waals surface area contributed by atoms with Crippen molar-refractivity contribution in [3.63, 3.8) is 0 Å². The maximum atomic E-state index is 5.28. The smallest absolute Gasteiger partial charge is 0.0459 e. The van der Waals surface area contributed by atoms with Gasteiger partial charge in [-0.2, -0.15) is 0 Å². The third-order valence-corrected chi connectivity index (χ3v) is 3.45. The lowest BCUT2D eigenvalue weighted by atomic mass is 10.1. The first-order valence-corrected chi connectivity index (χ1v) is 6.57. The van der Waals surface area contributed by atoms with E-state index >= 15 is 0 Å². The minimum absolute atomic E-state index is 0.807. The van der Waals surface area contributed by atoms with Crippen molar-refractivity contribution in [3.8, 4) is 12.3 Å². The van der Waals surface area contributed by atoms with Crippen LogP contribution in [0.2, 0.25) is 0 Å². The highest BCUT2D eigenvalue weighted by molar-refractivity contribution is 9.10. The Bertz CT molecular complexity index is 560. The van der Waals surface area contributed by atoms with E-state index in [2.05, 4.69) is 52.0 Å². The number of aromatic amines is 1. The molecular formula is C15H15BrN. The lowest BCUT2D eigenvalue weighted by molar-refractivity contribution is 0.830. The molecule has 0 aliphatic heterocycles. The molecule has 1 aromatic heterocycles. The maximum absolute atomic E-state index is 5.28. The number of unbranched alkanes of at least 4 members (excludes halogenated alkanes) is 1. The average Bonchev–Trinajstić information content (AvgIpc) is 2.66. The quantitative estimate of drug-likeness (QED) is 0.639. The van der Waals surface area contributed by atoms with E-state index in [-0.39, 0.29) is 0 Å². The Morgan fingerprint density at radius 2 is 2.24 bits per heavy atom. The number of benzene rings is 1. The highest BCUT2D eigenvalue weighted by Crippen LogP contribution is 2.27. The first kappa shape index (κ1) is 12.3. The van der Waals surface area contributed by atoms with Gasteiger partial charge in [0.1, 0.15) is 0 Å². The number of rotatable bonds is 4. The molecule has 17 heavy (non-hydrogen) atoms. The second-order valence-electron chi connectivity index (χ2n) is 4.08. The summed E-state index contributed by atoms with van der Waals surface area (Å²) >= 11 is 3.51. The van der Waals surface area contributed by atoms with Crippen molar-refractivity contribution < 1.29 is 0 Å². The number of fused-ring (bicyclic) bond motifs is 1. The zero-order chi connectivity index (χ0) is 12.3. The summed E-state index contributed by atoms with van der Waals surface area (Å²) in [4.78, 5) is 3.47. The van der Waals surface area contributed by atoms with Gasteiger partial charge in [-0.25, -0.2) is 0 Å². The van der Waals surface area contributed by atoms with Gasteiger partial charge in [-0.3, -0.25) is 0 Å². The van der Waals surface area contributed by atoms with Gasteiger partial charge in [0, 0.05) is 27.5 Å². The molecule has 0 aliphatic carbocycles. The van der Waals surface area contributed by atoms with Gasteiger partial charge in [-0.15, -0.1) is 12.3 Å². The normalized spacial score (nSPS) is 10.6. The average molecular weight is 289 g/mol. The Hall–Kier alpha value is -1.20. The predicted octanol–water partition coefficient (Wildman–Crippen LogP) is 4.26. The highest BCUT2D eigenvalue weighted by Gasteiger charge is 2.09. The zero-order valence-electron chi connectivity index (χ0n) is 9.72. The fourth-order valence-corrected chi connectivity index (χ4v) is 2.50. The number of halogens is 1. The van der Waals surface area contributed by atoms with E-state index in [9.17, 15) is 0 Å². The van der Waals surface area contributed by atoms with Gasteiger partial charge < -0.3 is 4.98 Å². The Morgan fingerprint density at radius 3 is 2.94 bits per heavy atom. The van der Waals surface area contributed by atoms with Crippen LogP contribution in [0.1, 0.15) is 24.1 Å². The standard InChI is InChI=1S/C15H15BrN/c1-3-5-6-7-14-12(4-2)13-10-11(16)8-9-15(13)17-14/h1,8-10,17H,2,4-7H2. The summed E-state index contributed by atoms with van der Waals surface area (Å²) in [6.07, 6.45) is 8.94. The van der Waals surface area contributed by atoms with Crippen LogP contribution in [0.4, 0.5) is 0 Å². The van der Waals surface area contributed by atoms with Crippen molar-refractivity contribution in [2.75, 3.05) is 0 Å². The maximum Gasteiger partial charge on any atom is 0.0459 e. The van der Waals surface area contributed by atoms with E-state index in [1.807, 2.05) is 0 Å². The Kier molecular flexibility index (Phi) is 3.91. The molecule has 2 rings (SSSR count). The first-order valence-electron chi connectivity index (χ1n) is 5.78. The van der Waals surface area contributed by atoms with Crippen LogP contribution in [0, 0.1) is 19.3 Å². The fraction of sp³-hybridized carbons (Fsp3) is 0.267. The van der Waals surface area contributed by atoms with Crippen LogP contribution in [-0.4, -0.2) is 4.98 Å². The monoisotopic (exact) mass is 288 g/mol. The number of nitrogens with one attached hydrogen (secondary N) is 1. The number of H-pyrrole nitrogens is 1. The molecule has 0 aliphatic rings. The van der Waals surface area contributed by atoms with Gasteiger partial charge in [-0.05, 0) is 49.9 Å². The van der Waals surface area contributed by atoms with E-state index in [4.69, 9.17) is 6.42 Å². The molecule has 0 unspecified atom stereocenters. The summed E-state index contributed by atoms with van der Waals surface area (Å²) in [7, 11) is 0. The lowest BCUT2D eigenvalue weighted by Gasteiger charge is -2.00. The van der Waals surface area contributed by atoms with Gasteiger partial charge in [0.15, 0.2) is 0 Å². The Balaban J connectivity index is 2.39. The van der Waals surface area contributed by atoms with Crippen LogP contribution >= 0.6 is 15.9 Å². The lowest BCUT2D eigenvalue weighted by Crippen LogP contribution is -1.90. The molecule has 1 nitrogen and oxygen atoms in total. The van der Waals surface area contributed by atoms with Crippen LogP contribution in [0.5, 0.6) is 0 Å². The summed E-state index contributed by atoms with van der Waals surface area (Å²) in [6, 6.07) is 6.30. The number of aromatic nitrogens is 1. The molecule has 0 bridgehead atoms. The molecule has 0 saturated carbocycles. The number of terminal acetylenes is 1. The number of hydrogen-bond acceptors (Lipinski definition) is 0. The molecule has 1 N–H and O–H groups in total. The Labute approximate surface area is 111 Å². The van der Waals surface area contributed by atoms with Crippen molar-refractivity contribution in [1.82, 2.24) is 4.98 Å². The van der Waals surface area contributed by atoms with Crippen LogP contribution in [0.3, 0.4) is 0 Å². The second kappa shape index (κ2) is 5.42. The van der Waals surface area contributed by atoms with Crippen LogP contribution in [0.15, 0.2) is 22.7 Å². The molecular weight excluding hydrogens is 274 g/mol.